The number of methoxy groups -OCH3 is 1. The summed E-state index contributed by atoms with van der Waals surface area (Å²) in [5.74, 6) is 1.59. The predicted octanol–water partition coefficient (Wildman–Crippen LogP) is 3.50. The fourth-order valence-corrected chi connectivity index (χ4v) is 4.65. The third-order valence-electron chi connectivity index (χ3n) is 5.16. The molecule has 23 heavy (non-hydrogen) atoms. The summed E-state index contributed by atoms with van der Waals surface area (Å²) in [6.07, 6.45) is 3.42. The lowest BCUT2D eigenvalue weighted by atomic mass is 9.65. The minimum absolute atomic E-state index is 0.104. The molecule has 126 valence electrons. The molecule has 1 saturated carbocycles. The van der Waals surface area contributed by atoms with Crippen LogP contribution in [-0.4, -0.2) is 37.1 Å². The maximum atomic E-state index is 12.6. The van der Waals surface area contributed by atoms with Crippen molar-refractivity contribution in [3.63, 3.8) is 0 Å². The number of likely N-dealkylation sites (tertiary alicyclic amines) is 1. The van der Waals surface area contributed by atoms with Gasteiger partial charge in [0.1, 0.15) is 11.5 Å². The second kappa shape index (κ2) is 5.73. The molecule has 1 aromatic carbocycles. The summed E-state index contributed by atoms with van der Waals surface area (Å²) in [4.78, 5) is 14.7. The van der Waals surface area contributed by atoms with Gasteiger partial charge < -0.3 is 14.4 Å². The van der Waals surface area contributed by atoms with Gasteiger partial charge in [0.15, 0.2) is 6.61 Å². The van der Waals surface area contributed by atoms with E-state index in [4.69, 9.17) is 9.47 Å². The molecule has 3 rings (SSSR count). The first kappa shape index (κ1) is 16.2. The molecule has 2 aliphatic rings. The molecule has 0 radical (unpaired) electrons. The van der Waals surface area contributed by atoms with Crippen LogP contribution in [0.5, 0.6) is 11.5 Å². The lowest BCUT2D eigenvalue weighted by Crippen LogP contribution is -2.40. The average Bonchev–Trinajstić information content (AvgIpc) is 2.74. The van der Waals surface area contributed by atoms with Crippen LogP contribution in [0.2, 0.25) is 0 Å². The number of hydrogen-bond donors (Lipinski definition) is 0. The molecule has 1 aromatic rings. The fraction of sp³-hybridized carbons (Fsp3) is 0.632. The Balaban J connectivity index is 1.60. The van der Waals surface area contributed by atoms with Gasteiger partial charge in [0.25, 0.3) is 5.91 Å². The predicted molar refractivity (Wildman–Crippen MR) is 89.7 cm³/mol. The molecule has 1 saturated heterocycles. The van der Waals surface area contributed by atoms with Gasteiger partial charge >= 0.3 is 0 Å². The Morgan fingerprint density at radius 3 is 2.48 bits per heavy atom. The molecule has 1 amide bonds. The topological polar surface area (TPSA) is 38.8 Å². The standard InChI is InChI=1S/C19H27NO3/c1-18(2)9-14-10-19(3,12-18)13-20(14)17(21)11-23-16-7-5-15(22-4)6-8-16/h5-8,14H,9-13H2,1-4H3/t14-,19+/m1/s1. The second-order valence-corrected chi connectivity index (χ2v) is 8.20. The highest BCUT2D eigenvalue weighted by molar-refractivity contribution is 5.78. The van der Waals surface area contributed by atoms with Crippen molar-refractivity contribution in [2.45, 2.75) is 46.1 Å². The van der Waals surface area contributed by atoms with Crippen LogP contribution in [0.4, 0.5) is 0 Å². The van der Waals surface area contributed by atoms with E-state index >= 15 is 0 Å². The number of fused-ring (bicyclic) bond motifs is 2. The SMILES string of the molecule is COc1ccc(OCC(=O)N2C[C@@]3(C)C[C@H]2CC(C)(C)C3)cc1. The zero-order valence-electron chi connectivity index (χ0n) is 14.6. The number of ether oxygens (including phenoxy) is 2. The van der Waals surface area contributed by atoms with Gasteiger partial charge in [0, 0.05) is 12.6 Å². The van der Waals surface area contributed by atoms with Gasteiger partial charge in [0.2, 0.25) is 0 Å². The molecular weight excluding hydrogens is 290 g/mol. The quantitative estimate of drug-likeness (QED) is 0.853. The number of amides is 1. The zero-order chi connectivity index (χ0) is 16.7. The average molecular weight is 317 g/mol. The van der Waals surface area contributed by atoms with E-state index < -0.39 is 0 Å². The Kier molecular flexibility index (Phi) is 4.03. The summed E-state index contributed by atoms with van der Waals surface area (Å²) in [7, 11) is 1.63. The number of rotatable bonds is 4. The molecular formula is C19H27NO3. The summed E-state index contributed by atoms with van der Waals surface area (Å²) < 4.78 is 10.8. The summed E-state index contributed by atoms with van der Waals surface area (Å²) in [6.45, 7) is 7.93. The van der Waals surface area contributed by atoms with Crippen molar-refractivity contribution in [3.05, 3.63) is 24.3 Å². The first-order chi connectivity index (χ1) is 10.8. The van der Waals surface area contributed by atoms with Crippen LogP contribution in [0.3, 0.4) is 0 Å². The Bertz CT molecular complexity index is 581. The van der Waals surface area contributed by atoms with Crippen LogP contribution in [-0.2, 0) is 4.79 Å². The fourth-order valence-electron chi connectivity index (χ4n) is 4.65. The van der Waals surface area contributed by atoms with E-state index in [-0.39, 0.29) is 17.9 Å². The first-order valence-corrected chi connectivity index (χ1v) is 8.37. The van der Waals surface area contributed by atoms with Crippen molar-refractivity contribution < 1.29 is 14.3 Å². The zero-order valence-corrected chi connectivity index (χ0v) is 14.6. The molecule has 0 N–H and O–H groups in total. The van der Waals surface area contributed by atoms with E-state index in [1.807, 2.05) is 24.3 Å². The van der Waals surface area contributed by atoms with Gasteiger partial charge in [-0.05, 0) is 54.4 Å². The number of carbonyl (C=O) groups excluding carboxylic acids is 1. The highest BCUT2D eigenvalue weighted by Gasteiger charge is 2.50. The third-order valence-corrected chi connectivity index (χ3v) is 5.16. The van der Waals surface area contributed by atoms with Crippen molar-refractivity contribution in [2.24, 2.45) is 10.8 Å². The summed E-state index contributed by atoms with van der Waals surface area (Å²) in [6, 6.07) is 7.71. The lowest BCUT2D eigenvalue weighted by molar-refractivity contribution is -0.134. The van der Waals surface area contributed by atoms with Gasteiger partial charge in [-0.3, -0.25) is 4.79 Å². The van der Waals surface area contributed by atoms with Crippen LogP contribution in [0, 0.1) is 10.8 Å². The molecule has 0 unspecified atom stereocenters. The molecule has 2 fully saturated rings. The van der Waals surface area contributed by atoms with E-state index in [0.717, 1.165) is 25.1 Å². The van der Waals surface area contributed by atoms with Crippen LogP contribution in [0.1, 0.15) is 40.0 Å². The first-order valence-electron chi connectivity index (χ1n) is 8.37. The maximum Gasteiger partial charge on any atom is 0.260 e. The molecule has 1 aliphatic heterocycles. The highest BCUT2D eigenvalue weighted by Crippen LogP contribution is 2.52. The Morgan fingerprint density at radius 2 is 1.83 bits per heavy atom. The van der Waals surface area contributed by atoms with E-state index in [1.165, 1.54) is 6.42 Å². The normalized spacial score (nSPS) is 28.5. The van der Waals surface area contributed by atoms with Crippen molar-refractivity contribution in [3.8, 4) is 11.5 Å². The third kappa shape index (κ3) is 3.46. The summed E-state index contributed by atoms with van der Waals surface area (Å²) in [5, 5.41) is 0. The Hall–Kier alpha value is -1.71. The summed E-state index contributed by atoms with van der Waals surface area (Å²) >= 11 is 0. The van der Waals surface area contributed by atoms with Crippen LogP contribution in [0.25, 0.3) is 0 Å². The Labute approximate surface area is 138 Å². The van der Waals surface area contributed by atoms with Gasteiger partial charge in [0.05, 0.1) is 7.11 Å². The van der Waals surface area contributed by atoms with Crippen molar-refractivity contribution in [1.29, 1.82) is 0 Å². The van der Waals surface area contributed by atoms with Crippen LogP contribution >= 0.6 is 0 Å². The molecule has 0 spiro atoms. The van der Waals surface area contributed by atoms with Crippen molar-refractivity contribution >= 4 is 5.91 Å². The molecule has 2 bridgehead atoms. The minimum atomic E-state index is 0.104. The molecule has 0 aromatic heterocycles. The molecule has 4 heteroatoms. The van der Waals surface area contributed by atoms with Gasteiger partial charge in [-0.2, -0.15) is 0 Å². The Morgan fingerprint density at radius 1 is 1.17 bits per heavy atom. The van der Waals surface area contributed by atoms with Gasteiger partial charge in [-0.1, -0.05) is 20.8 Å². The molecule has 2 atom stereocenters. The minimum Gasteiger partial charge on any atom is -0.497 e. The maximum absolute atomic E-state index is 12.6. The van der Waals surface area contributed by atoms with Crippen molar-refractivity contribution in [2.75, 3.05) is 20.3 Å². The van der Waals surface area contributed by atoms with Crippen molar-refractivity contribution in [1.82, 2.24) is 4.90 Å². The van der Waals surface area contributed by atoms with Gasteiger partial charge in [-0.25, -0.2) is 0 Å². The van der Waals surface area contributed by atoms with Gasteiger partial charge in [-0.15, -0.1) is 0 Å². The lowest BCUT2D eigenvalue weighted by Gasteiger charge is -2.39. The molecule has 1 heterocycles. The van der Waals surface area contributed by atoms with E-state index in [9.17, 15) is 4.79 Å². The smallest absolute Gasteiger partial charge is 0.260 e. The second-order valence-electron chi connectivity index (χ2n) is 8.20. The van der Waals surface area contributed by atoms with E-state index in [2.05, 4.69) is 25.7 Å². The monoisotopic (exact) mass is 317 g/mol. The van der Waals surface area contributed by atoms with E-state index in [0.29, 0.717) is 17.2 Å². The molecule has 4 nitrogen and oxygen atoms in total. The van der Waals surface area contributed by atoms with Crippen LogP contribution < -0.4 is 9.47 Å². The van der Waals surface area contributed by atoms with E-state index in [1.54, 1.807) is 7.11 Å². The number of nitrogens with zero attached hydrogens (tertiary/aromatic N) is 1. The number of benzene rings is 1. The highest BCUT2D eigenvalue weighted by atomic mass is 16.5. The number of hydrogen-bond acceptors (Lipinski definition) is 3. The van der Waals surface area contributed by atoms with Crippen LogP contribution in [0.15, 0.2) is 24.3 Å². The summed E-state index contributed by atoms with van der Waals surface area (Å²) in [5.41, 5.74) is 0.589. The number of carbonyl (C=O) groups is 1. The largest absolute Gasteiger partial charge is 0.497 e. The molecule has 1 aliphatic carbocycles.